The van der Waals surface area contributed by atoms with Crippen LogP contribution in [0, 0.1) is 5.92 Å². The van der Waals surface area contributed by atoms with E-state index < -0.39 is 0 Å². The van der Waals surface area contributed by atoms with Crippen molar-refractivity contribution in [3.8, 4) is 5.75 Å². The van der Waals surface area contributed by atoms with Crippen LogP contribution in [0.3, 0.4) is 0 Å². The maximum absolute atomic E-state index is 9.71. The van der Waals surface area contributed by atoms with Gasteiger partial charge in [-0.15, -0.1) is 0 Å². The number of ether oxygens (including phenoxy) is 1. The molecule has 0 amide bonds. The summed E-state index contributed by atoms with van der Waals surface area (Å²) in [4.78, 5) is 0. The second-order valence-corrected chi connectivity index (χ2v) is 5.33. The van der Waals surface area contributed by atoms with Gasteiger partial charge < -0.3 is 9.84 Å². The minimum absolute atomic E-state index is 0.0942. The summed E-state index contributed by atoms with van der Waals surface area (Å²) < 4.78 is 5.12. The maximum Gasteiger partial charge on any atom is 0.118 e. The summed E-state index contributed by atoms with van der Waals surface area (Å²) in [5, 5.41) is 9.71. The average molecular weight is 238 g/mol. The molecule has 1 aromatic rings. The Bertz CT molecular complexity index is 323. The van der Waals surface area contributed by atoms with Crippen molar-refractivity contribution in [2.24, 2.45) is 5.92 Å². The molecule has 3 heteroatoms. The highest BCUT2D eigenvalue weighted by Crippen LogP contribution is 2.28. The molecule has 1 aromatic carbocycles. The van der Waals surface area contributed by atoms with Gasteiger partial charge in [-0.25, -0.2) is 0 Å². The quantitative estimate of drug-likeness (QED) is 0.873. The van der Waals surface area contributed by atoms with Gasteiger partial charge in [-0.1, -0.05) is 12.1 Å². The van der Waals surface area contributed by atoms with Crippen molar-refractivity contribution in [2.45, 2.75) is 18.9 Å². The van der Waals surface area contributed by atoms with E-state index in [1.807, 2.05) is 23.9 Å². The third-order valence-corrected chi connectivity index (χ3v) is 4.37. The maximum atomic E-state index is 9.71. The highest BCUT2D eigenvalue weighted by molar-refractivity contribution is 7.99. The minimum Gasteiger partial charge on any atom is -0.497 e. The van der Waals surface area contributed by atoms with Crippen molar-refractivity contribution in [2.75, 3.05) is 18.6 Å². The molecule has 2 unspecified atom stereocenters. The van der Waals surface area contributed by atoms with Crippen molar-refractivity contribution in [1.82, 2.24) is 0 Å². The summed E-state index contributed by atoms with van der Waals surface area (Å²) in [7, 11) is 1.68. The van der Waals surface area contributed by atoms with Gasteiger partial charge in [0.1, 0.15) is 5.75 Å². The molecule has 0 spiro atoms. The summed E-state index contributed by atoms with van der Waals surface area (Å²) in [5.41, 5.74) is 1.32. The molecule has 2 nitrogen and oxygen atoms in total. The number of aryl methyl sites for hydroxylation is 1. The molecule has 1 fully saturated rings. The first-order valence-electron chi connectivity index (χ1n) is 5.68. The molecular weight excluding hydrogens is 220 g/mol. The molecule has 1 saturated heterocycles. The first-order valence-corrected chi connectivity index (χ1v) is 6.84. The molecule has 0 bridgehead atoms. The summed E-state index contributed by atoms with van der Waals surface area (Å²) >= 11 is 1.86. The average Bonchev–Trinajstić information content (AvgIpc) is 2.73. The molecule has 1 heterocycles. The normalized spacial score (nSPS) is 24.6. The number of hydrogen-bond acceptors (Lipinski definition) is 3. The Morgan fingerprint density at radius 3 is 2.62 bits per heavy atom. The fraction of sp³-hybridized carbons (Fsp3) is 0.538. The molecule has 0 aromatic heterocycles. The van der Waals surface area contributed by atoms with Gasteiger partial charge in [0, 0.05) is 5.75 Å². The van der Waals surface area contributed by atoms with Crippen LogP contribution in [0.5, 0.6) is 5.75 Å². The van der Waals surface area contributed by atoms with Gasteiger partial charge in [0.05, 0.1) is 13.2 Å². The van der Waals surface area contributed by atoms with Crippen LogP contribution in [0.4, 0.5) is 0 Å². The lowest BCUT2D eigenvalue weighted by molar-refractivity contribution is 0.145. The lowest BCUT2D eigenvalue weighted by Gasteiger charge is -2.13. The van der Waals surface area contributed by atoms with Crippen LogP contribution in [0.1, 0.15) is 12.0 Å². The number of methoxy groups -OCH3 is 1. The molecule has 1 aliphatic heterocycles. The van der Waals surface area contributed by atoms with E-state index in [1.54, 1.807) is 7.11 Å². The van der Waals surface area contributed by atoms with E-state index in [0.29, 0.717) is 5.92 Å². The lowest BCUT2D eigenvalue weighted by atomic mass is 9.97. The van der Waals surface area contributed by atoms with E-state index in [2.05, 4.69) is 12.1 Å². The van der Waals surface area contributed by atoms with Crippen molar-refractivity contribution < 1.29 is 9.84 Å². The molecule has 2 rings (SSSR count). The van der Waals surface area contributed by atoms with Crippen LogP contribution in [0.2, 0.25) is 0 Å². The smallest absolute Gasteiger partial charge is 0.118 e. The summed E-state index contributed by atoms with van der Waals surface area (Å²) in [6.45, 7) is 0. The number of aliphatic hydroxyl groups excluding tert-OH is 1. The van der Waals surface area contributed by atoms with Gasteiger partial charge in [-0.3, -0.25) is 0 Å². The number of benzene rings is 1. The zero-order chi connectivity index (χ0) is 11.4. The largest absolute Gasteiger partial charge is 0.497 e. The van der Waals surface area contributed by atoms with Gasteiger partial charge in [0.2, 0.25) is 0 Å². The Morgan fingerprint density at radius 1 is 1.31 bits per heavy atom. The Labute approximate surface area is 101 Å². The second kappa shape index (κ2) is 5.60. The van der Waals surface area contributed by atoms with E-state index in [1.165, 1.54) is 5.56 Å². The Kier molecular flexibility index (Phi) is 4.13. The van der Waals surface area contributed by atoms with Crippen LogP contribution in [0.15, 0.2) is 24.3 Å². The fourth-order valence-electron chi connectivity index (χ4n) is 2.01. The van der Waals surface area contributed by atoms with Crippen LogP contribution in [-0.4, -0.2) is 29.8 Å². The zero-order valence-electron chi connectivity index (χ0n) is 9.56. The number of rotatable bonds is 4. The predicted molar refractivity (Wildman–Crippen MR) is 68.1 cm³/mol. The molecule has 1 aliphatic rings. The Morgan fingerprint density at radius 2 is 2.06 bits per heavy atom. The zero-order valence-corrected chi connectivity index (χ0v) is 10.4. The number of hydrogen-bond donors (Lipinski definition) is 1. The predicted octanol–water partition coefficient (Wildman–Crippen LogP) is 2.35. The Hall–Kier alpha value is -0.670. The summed E-state index contributed by atoms with van der Waals surface area (Å²) in [6, 6.07) is 8.20. The van der Waals surface area contributed by atoms with Crippen LogP contribution < -0.4 is 4.74 Å². The third kappa shape index (κ3) is 2.92. The first kappa shape index (κ1) is 11.8. The van der Waals surface area contributed by atoms with E-state index in [9.17, 15) is 5.11 Å². The number of thioether (sulfide) groups is 1. The number of aliphatic hydroxyl groups is 1. The first-order chi connectivity index (χ1) is 7.79. The summed E-state index contributed by atoms with van der Waals surface area (Å²) in [6.07, 6.45) is 2.04. The van der Waals surface area contributed by atoms with Crippen LogP contribution in [0.25, 0.3) is 0 Å². The van der Waals surface area contributed by atoms with E-state index in [0.717, 1.165) is 30.1 Å². The van der Waals surface area contributed by atoms with Gasteiger partial charge in [-0.2, -0.15) is 11.8 Å². The van der Waals surface area contributed by atoms with E-state index >= 15 is 0 Å². The molecule has 88 valence electrons. The molecule has 0 radical (unpaired) electrons. The topological polar surface area (TPSA) is 29.5 Å². The second-order valence-electron chi connectivity index (χ2n) is 4.25. The lowest BCUT2D eigenvalue weighted by Crippen LogP contribution is -2.18. The molecule has 16 heavy (non-hydrogen) atoms. The summed E-state index contributed by atoms with van der Waals surface area (Å²) in [5.74, 6) is 3.40. The molecule has 0 aliphatic carbocycles. The monoisotopic (exact) mass is 238 g/mol. The van der Waals surface area contributed by atoms with Crippen LogP contribution in [-0.2, 0) is 6.42 Å². The fourth-order valence-corrected chi connectivity index (χ4v) is 3.35. The molecule has 0 saturated carbocycles. The van der Waals surface area contributed by atoms with Crippen molar-refractivity contribution in [3.63, 3.8) is 0 Å². The molecular formula is C13H18O2S. The van der Waals surface area contributed by atoms with Crippen LogP contribution >= 0.6 is 11.8 Å². The highest BCUT2D eigenvalue weighted by Gasteiger charge is 2.24. The van der Waals surface area contributed by atoms with Gasteiger partial charge in [0.25, 0.3) is 0 Å². The minimum atomic E-state index is -0.0942. The standard InChI is InChI=1S/C13H18O2S/c1-15-12-6-3-10(4-7-12)2-5-11-8-16-9-13(11)14/h3-4,6-7,11,13-14H,2,5,8-9H2,1H3. The SMILES string of the molecule is COc1ccc(CCC2CSCC2O)cc1. The molecule has 2 atom stereocenters. The highest BCUT2D eigenvalue weighted by atomic mass is 32.2. The van der Waals surface area contributed by atoms with Gasteiger partial charge in [-0.05, 0) is 42.2 Å². The van der Waals surface area contributed by atoms with Gasteiger partial charge >= 0.3 is 0 Å². The Balaban J connectivity index is 1.84. The van der Waals surface area contributed by atoms with Gasteiger partial charge in [0.15, 0.2) is 0 Å². The van der Waals surface area contributed by atoms with Crippen molar-refractivity contribution in [1.29, 1.82) is 0 Å². The van der Waals surface area contributed by atoms with Crippen molar-refractivity contribution in [3.05, 3.63) is 29.8 Å². The third-order valence-electron chi connectivity index (χ3n) is 3.13. The van der Waals surface area contributed by atoms with E-state index in [-0.39, 0.29) is 6.10 Å². The van der Waals surface area contributed by atoms with Crippen molar-refractivity contribution >= 4 is 11.8 Å². The van der Waals surface area contributed by atoms with E-state index in [4.69, 9.17) is 4.74 Å². The molecule has 1 N–H and O–H groups in total.